The predicted molar refractivity (Wildman–Crippen MR) is 110 cm³/mol. The summed E-state index contributed by atoms with van der Waals surface area (Å²) in [6.45, 7) is 25.7. The van der Waals surface area contributed by atoms with E-state index >= 15 is 0 Å². The van der Waals surface area contributed by atoms with E-state index in [0.29, 0.717) is 12.4 Å². The minimum atomic E-state index is -1.84. The molecular weight excluding hydrogens is 344 g/mol. The molecule has 2 aliphatic carbocycles. The summed E-state index contributed by atoms with van der Waals surface area (Å²) in [6.07, 6.45) is 1.08. The number of Topliss-reactive ketones (excluding diaryl/α,β-unsaturated/α-hetero) is 1. The van der Waals surface area contributed by atoms with Crippen LogP contribution in [-0.2, 0) is 13.6 Å². The van der Waals surface area contributed by atoms with E-state index in [1.807, 2.05) is 0 Å². The zero-order chi connectivity index (χ0) is 19.6. The maximum absolute atomic E-state index is 12.4. The topological polar surface area (TPSA) is 35.5 Å². The van der Waals surface area contributed by atoms with Gasteiger partial charge in [-0.1, -0.05) is 48.5 Å². The van der Waals surface area contributed by atoms with Gasteiger partial charge in [0.2, 0.25) is 0 Å². The Balaban J connectivity index is 2.16. The molecule has 0 radical (unpaired) electrons. The maximum atomic E-state index is 12.4. The molecule has 0 bridgehead atoms. The summed E-state index contributed by atoms with van der Waals surface area (Å²) in [6, 6.07) is 0. The summed E-state index contributed by atoms with van der Waals surface area (Å²) in [4.78, 5) is 12.4. The fraction of sp³-hybridized carbons (Fsp3) is 0.950. The van der Waals surface area contributed by atoms with Crippen molar-refractivity contribution in [1.82, 2.24) is 0 Å². The van der Waals surface area contributed by atoms with E-state index in [1.54, 1.807) is 0 Å². The van der Waals surface area contributed by atoms with Crippen molar-refractivity contribution in [1.29, 1.82) is 0 Å². The lowest BCUT2D eigenvalue weighted by Gasteiger charge is -2.42. The van der Waals surface area contributed by atoms with Crippen molar-refractivity contribution in [2.45, 2.75) is 97.3 Å². The molecule has 3 nitrogen and oxygen atoms in total. The molecule has 0 amide bonds. The largest absolute Gasteiger partial charge is 0.416 e. The van der Waals surface area contributed by atoms with Gasteiger partial charge in [0.1, 0.15) is 5.78 Å². The zero-order valence-corrected chi connectivity index (χ0v) is 20.4. The first-order valence-electron chi connectivity index (χ1n) is 9.81. The molecule has 0 heterocycles. The Morgan fingerprint density at radius 3 is 1.92 bits per heavy atom. The van der Waals surface area contributed by atoms with Crippen molar-refractivity contribution in [3.63, 3.8) is 0 Å². The van der Waals surface area contributed by atoms with Crippen LogP contribution in [0.15, 0.2) is 0 Å². The van der Waals surface area contributed by atoms with Gasteiger partial charge in [-0.25, -0.2) is 0 Å². The highest BCUT2D eigenvalue weighted by atomic mass is 28.4. The van der Waals surface area contributed by atoms with Gasteiger partial charge >= 0.3 is 0 Å². The number of carbonyl (C=O) groups is 1. The van der Waals surface area contributed by atoms with E-state index in [-0.39, 0.29) is 33.4 Å². The van der Waals surface area contributed by atoms with Crippen molar-refractivity contribution in [2.75, 3.05) is 6.61 Å². The van der Waals surface area contributed by atoms with Crippen LogP contribution in [0, 0.1) is 17.3 Å². The summed E-state index contributed by atoms with van der Waals surface area (Å²) < 4.78 is 13.3. The standard InChI is InChI=1S/C20H40O3Si2/c1-18(2,3)24(8,9)22-13-15-16(12-14-17(21)20(14,15)7)23-25(10,11)19(4,5)6/h14-16H,12-13H2,1-11H3/t14-,15+,16-,20+/m0/s1. The van der Waals surface area contributed by atoms with Crippen LogP contribution in [0.25, 0.3) is 0 Å². The summed E-state index contributed by atoms with van der Waals surface area (Å²) in [5, 5.41) is 0.380. The molecule has 0 saturated heterocycles. The van der Waals surface area contributed by atoms with Gasteiger partial charge in [0.05, 0.1) is 6.10 Å². The van der Waals surface area contributed by atoms with Gasteiger partial charge < -0.3 is 8.85 Å². The monoisotopic (exact) mass is 384 g/mol. The minimum Gasteiger partial charge on any atom is -0.416 e. The Kier molecular flexibility index (Phi) is 5.13. The Bertz CT molecular complexity index is 542. The SMILES string of the molecule is CC(C)(C)[Si](C)(C)OC[C@@H]1[C@@H](O[Si](C)(C)C(C)(C)C)C[C@H]2C(=O)[C@@]12C. The van der Waals surface area contributed by atoms with E-state index < -0.39 is 16.6 Å². The smallest absolute Gasteiger partial charge is 0.192 e. The van der Waals surface area contributed by atoms with Crippen LogP contribution in [-0.4, -0.2) is 35.1 Å². The zero-order valence-electron chi connectivity index (χ0n) is 18.4. The second-order valence-corrected chi connectivity index (χ2v) is 21.1. The van der Waals surface area contributed by atoms with Crippen molar-refractivity contribution >= 4 is 22.4 Å². The molecule has 4 atom stereocenters. The Morgan fingerprint density at radius 1 is 1.00 bits per heavy atom. The van der Waals surface area contributed by atoms with Crippen LogP contribution in [0.1, 0.15) is 54.9 Å². The number of hydrogen-bond acceptors (Lipinski definition) is 3. The first kappa shape index (κ1) is 21.3. The normalized spacial score (nSPS) is 33.6. The predicted octanol–water partition coefficient (Wildman–Crippen LogP) is 5.62. The van der Waals surface area contributed by atoms with E-state index in [1.165, 1.54) is 0 Å². The highest BCUT2D eigenvalue weighted by Crippen LogP contribution is 2.64. The Labute approximate surface area is 157 Å². The van der Waals surface area contributed by atoms with Gasteiger partial charge in [0, 0.05) is 23.9 Å². The molecule has 2 fully saturated rings. The number of hydrogen-bond donors (Lipinski definition) is 0. The lowest BCUT2D eigenvalue weighted by atomic mass is 9.91. The van der Waals surface area contributed by atoms with Crippen LogP contribution in [0.2, 0.25) is 36.3 Å². The van der Waals surface area contributed by atoms with Crippen LogP contribution < -0.4 is 0 Å². The minimum absolute atomic E-state index is 0.179. The molecule has 2 aliphatic rings. The van der Waals surface area contributed by atoms with Crippen LogP contribution >= 0.6 is 0 Å². The number of carbonyl (C=O) groups excluding carboxylic acids is 1. The van der Waals surface area contributed by atoms with Gasteiger partial charge in [0.15, 0.2) is 16.6 Å². The molecule has 0 spiro atoms. The molecule has 0 N–H and O–H groups in total. The first-order valence-corrected chi connectivity index (χ1v) is 15.6. The van der Waals surface area contributed by atoms with Gasteiger partial charge in [-0.3, -0.25) is 4.79 Å². The van der Waals surface area contributed by atoms with Crippen molar-refractivity contribution in [3.05, 3.63) is 0 Å². The summed E-state index contributed by atoms with van der Waals surface area (Å²) in [5.74, 6) is 0.856. The molecule has 2 saturated carbocycles. The Morgan fingerprint density at radius 2 is 1.48 bits per heavy atom. The van der Waals surface area contributed by atoms with E-state index in [0.717, 1.165) is 6.42 Å². The van der Waals surface area contributed by atoms with Crippen LogP contribution in [0.3, 0.4) is 0 Å². The number of ketones is 1. The molecule has 25 heavy (non-hydrogen) atoms. The summed E-state index contributed by atoms with van der Waals surface area (Å²) >= 11 is 0. The highest BCUT2D eigenvalue weighted by molar-refractivity contribution is 6.74. The maximum Gasteiger partial charge on any atom is 0.192 e. The molecule has 0 aliphatic heterocycles. The van der Waals surface area contributed by atoms with Gasteiger partial charge in [0.25, 0.3) is 0 Å². The molecule has 0 unspecified atom stereocenters. The van der Waals surface area contributed by atoms with Gasteiger partial charge in [-0.05, 0) is 42.7 Å². The van der Waals surface area contributed by atoms with Gasteiger partial charge in [-0.15, -0.1) is 0 Å². The third kappa shape index (κ3) is 3.58. The van der Waals surface area contributed by atoms with Crippen molar-refractivity contribution in [3.8, 4) is 0 Å². The van der Waals surface area contributed by atoms with Gasteiger partial charge in [-0.2, -0.15) is 0 Å². The van der Waals surface area contributed by atoms with E-state index in [2.05, 4.69) is 74.7 Å². The first-order chi connectivity index (χ1) is 11.0. The average Bonchev–Trinajstić information content (AvgIpc) is 2.76. The summed E-state index contributed by atoms with van der Waals surface area (Å²) in [7, 11) is -3.66. The fourth-order valence-electron chi connectivity index (χ4n) is 3.55. The van der Waals surface area contributed by atoms with Crippen molar-refractivity contribution < 1.29 is 13.6 Å². The summed E-state index contributed by atoms with van der Waals surface area (Å²) in [5.41, 5.74) is -0.199. The molecule has 5 heteroatoms. The molecule has 146 valence electrons. The van der Waals surface area contributed by atoms with Crippen LogP contribution in [0.4, 0.5) is 0 Å². The quantitative estimate of drug-likeness (QED) is 0.577. The number of fused-ring (bicyclic) bond motifs is 1. The molecule has 0 aromatic rings. The molecule has 2 rings (SSSR count). The third-order valence-electron chi connectivity index (χ3n) is 7.86. The second kappa shape index (κ2) is 6.01. The van der Waals surface area contributed by atoms with E-state index in [4.69, 9.17) is 8.85 Å². The van der Waals surface area contributed by atoms with E-state index in [9.17, 15) is 4.79 Å². The Hall–Kier alpha value is 0.0238. The molecular formula is C20H40O3Si2. The molecule has 0 aromatic heterocycles. The third-order valence-corrected chi connectivity index (χ3v) is 16.9. The highest BCUT2D eigenvalue weighted by Gasteiger charge is 2.72. The average molecular weight is 385 g/mol. The lowest BCUT2D eigenvalue weighted by molar-refractivity contribution is -0.116. The molecule has 0 aromatic carbocycles. The number of rotatable bonds is 5. The lowest BCUT2D eigenvalue weighted by Crippen LogP contribution is -2.48. The fourth-order valence-corrected chi connectivity index (χ4v) is 5.95. The van der Waals surface area contributed by atoms with Crippen LogP contribution in [0.5, 0.6) is 0 Å². The second-order valence-electron chi connectivity index (χ2n) is 11.5. The van der Waals surface area contributed by atoms with Crippen molar-refractivity contribution in [2.24, 2.45) is 17.3 Å².